The monoisotopic (exact) mass is 351 g/mol. The summed E-state index contributed by atoms with van der Waals surface area (Å²) in [6, 6.07) is 12.0. The van der Waals surface area contributed by atoms with E-state index in [0.717, 1.165) is 49.7 Å². The summed E-state index contributed by atoms with van der Waals surface area (Å²) in [5.74, 6) is 1.08. The Morgan fingerprint density at radius 1 is 1.15 bits per heavy atom. The number of hydrogen-bond donors (Lipinski definition) is 1. The van der Waals surface area contributed by atoms with Crippen LogP contribution in [0.4, 0.5) is 5.82 Å². The number of nitrogens with one attached hydrogen (secondary N) is 1. The first-order chi connectivity index (χ1) is 12.8. The summed E-state index contributed by atoms with van der Waals surface area (Å²) < 4.78 is 5.77. The Kier molecular flexibility index (Phi) is 5.27. The maximum atomic E-state index is 12.5. The van der Waals surface area contributed by atoms with E-state index in [9.17, 15) is 4.79 Å². The van der Waals surface area contributed by atoms with Gasteiger partial charge < -0.3 is 15.0 Å². The molecule has 1 atom stereocenters. The van der Waals surface area contributed by atoms with Crippen molar-refractivity contribution in [2.24, 2.45) is 0 Å². The first kappa shape index (κ1) is 17.2. The van der Waals surface area contributed by atoms with E-state index in [4.69, 9.17) is 4.74 Å². The number of nitrogens with zero attached hydrogens (tertiary/aromatic N) is 2. The Balaban J connectivity index is 1.37. The molecule has 26 heavy (non-hydrogen) atoms. The van der Waals surface area contributed by atoms with Gasteiger partial charge >= 0.3 is 0 Å². The van der Waals surface area contributed by atoms with Crippen molar-refractivity contribution in [3.8, 4) is 0 Å². The van der Waals surface area contributed by atoms with Crippen molar-refractivity contribution in [2.45, 2.75) is 25.4 Å². The minimum Gasteiger partial charge on any atom is -0.371 e. The third-order valence-corrected chi connectivity index (χ3v) is 5.14. The standard InChI is InChI=1S/C21H25N3O2/c25-19(18-7-8-21(23-14-18)24-10-1-2-11-24)13-16-3-5-17(6-4-16)20-15-22-9-12-26-20/h3-8,14,20,22H,1-2,9-13,15H2. The van der Waals surface area contributed by atoms with Crippen molar-refractivity contribution < 1.29 is 9.53 Å². The van der Waals surface area contributed by atoms with Crippen LogP contribution < -0.4 is 10.2 Å². The zero-order valence-corrected chi connectivity index (χ0v) is 15.0. The molecule has 4 rings (SSSR count). The van der Waals surface area contributed by atoms with E-state index in [1.807, 2.05) is 24.3 Å². The van der Waals surface area contributed by atoms with Gasteiger partial charge in [-0.2, -0.15) is 0 Å². The van der Waals surface area contributed by atoms with E-state index in [1.165, 1.54) is 12.8 Å². The lowest BCUT2D eigenvalue weighted by molar-refractivity contribution is 0.0277. The molecule has 1 unspecified atom stereocenters. The summed E-state index contributed by atoms with van der Waals surface area (Å²) in [5, 5.41) is 3.34. The molecule has 0 saturated carbocycles. The molecule has 0 radical (unpaired) electrons. The van der Waals surface area contributed by atoms with Crippen LogP contribution in [0.3, 0.4) is 0 Å². The van der Waals surface area contributed by atoms with Gasteiger partial charge in [0.2, 0.25) is 0 Å². The molecule has 0 bridgehead atoms. The van der Waals surface area contributed by atoms with Crippen molar-refractivity contribution in [1.82, 2.24) is 10.3 Å². The van der Waals surface area contributed by atoms with E-state index in [1.54, 1.807) is 6.20 Å². The average Bonchev–Trinajstić information content (AvgIpc) is 3.24. The molecule has 2 aliphatic heterocycles. The van der Waals surface area contributed by atoms with Crippen LogP contribution in [-0.2, 0) is 11.2 Å². The summed E-state index contributed by atoms with van der Waals surface area (Å²) in [4.78, 5) is 19.3. The number of Topliss-reactive ketones (excluding diaryl/α,β-unsaturated/α-hetero) is 1. The Labute approximate surface area is 154 Å². The highest BCUT2D eigenvalue weighted by Gasteiger charge is 2.16. The predicted molar refractivity (Wildman–Crippen MR) is 102 cm³/mol. The second-order valence-electron chi connectivity index (χ2n) is 7.00. The van der Waals surface area contributed by atoms with Crippen LogP contribution in [0.5, 0.6) is 0 Å². The lowest BCUT2D eigenvalue weighted by Crippen LogP contribution is -2.33. The summed E-state index contributed by atoms with van der Waals surface area (Å²) >= 11 is 0. The zero-order chi connectivity index (χ0) is 17.8. The molecule has 2 fully saturated rings. The Morgan fingerprint density at radius 2 is 1.96 bits per heavy atom. The molecule has 1 aromatic heterocycles. The number of rotatable bonds is 5. The second kappa shape index (κ2) is 7.98. The van der Waals surface area contributed by atoms with Gasteiger partial charge in [-0.1, -0.05) is 24.3 Å². The highest BCUT2D eigenvalue weighted by molar-refractivity contribution is 5.97. The van der Waals surface area contributed by atoms with Crippen LogP contribution in [0.25, 0.3) is 0 Å². The van der Waals surface area contributed by atoms with Crippen LogP contribution in [-0.4, -0.2) is 43.6 Å². The van der Waals surface area contributed by atoms with Crippen molar-refractivity contribution >= 4 is 11.6 Å². The number of ether oxygens (including phenoxy) is 1. The Bertz CT molecular complexity index is 731. The van der Waals surface area contributed by atoms with Crippen LogP contribution >= 0.6 is 0 Å². The molecule has 3 heterocycles. The number of morpholine rings is 1. The number of anilines is 1. The molecule has 1 N–H and O–H groups in total. The highest BCUT2D eigenvalue weighted by Crippen LogP contribution is 2.21. The molecule has 0 spiro atoms. The molecule has 2 aromatic rings. The number of pyridine rings is 1. The van der Waals surface area contributed by atoms with E-state index in [-0.39, 0.29) is 11.9 Å². The summed E-state index contributed by atoms with van der Waals surface area (Å²) in [6.45, 7) is 4.62. The fourth-order valence-electron chi connectivity index (χ4n) is 3.60. The van der Waals surface area contributed by atoms with Crippen molar-refractivity contribution in [1.29, 1.82) is 0 Å². The number of carbonyl (C=O) groups excluding carboxylic acids is 1. The number of aromatic nitrogens is 1. The molecule has 5 heteroatoms. The van der Waals surface area contributed by atoms with E-state index >= 15 is 0 Å². The largest absolute Gasteiger partial charge is 0.371 e. The molecular weight excluding hydrogens is 326 g/mol. The minimum atomic E-state index is 0.105. The van der Waals surface area contributed by atoms with Crippen molar-refractivity contribution in [3.05, 3.63) is 59.3 Å². The van der Waals surface area contributed by atoms with Crippen LogP contribution in [0.2, 0.25) is 0 Å². The fourth-order valence-corrected chi connectivity index (χ4v) is 3.60. The van der Waals surface area contributed by atoms with Gasteiger partial charge in [-0.15, -0.1) is 0 Å². The third kappa shape index (κ3) is 3.94. The summed E-state index contributed by atoms with van der Waals surface area (Å²) in [7, 11) is 0. The molecular formula is C21H25N3O2. The van der Waals surface area contributed by atoms with Crippen LogP contribution in [0, 0.1) is 0 Å². The summed E-state index contributed by atoms with van der Waals surface area (Å²) in [5.41, 5.74) is 2.85. The average molecular weight is 351 g/mol. The third-order valence-electron chi connectivity index (χ3n) is 5.14. The van der Waals surface area contributed by atoms with Gasteiger partial charge in [0, 0.05) is 44.4 Å². The molecule has 0 aliphatic carbocycles. The first-order valence-electron chi connectivity index (χ1n) is 9.45. The second-order valence-corrected chi connectivity index (χ2v) is 7.00. The minimum absolute atomic E-state index is 0.105. The topological polar surface area (TPSA) is 54.5 Å². The van der Waals surface area contributed by atoms with Gasteiger partial charge in [0.25, 0.3) is 0 Å². The van der Waals surface area contributed by atoms with Crippen molar-refractivity contribution in [2.75, 3.05) is 37.7 Å². The molecule has 0 amide bonds. The quantitative estimate of drug-likeness (QED) is 0.840. The maximum Gasteiger partial charge on any atom is 0.168 e. The zero-order valence-electron chi connectivity index (χ0n) is 15.0. The lowest BCUT2D eigenvalue weighted by Gasteiger charge is -2.24. The Hall–Kier alpha value is -2.24. The van der Waals surface area contributed by atoms with Gasteiger partial charge in [-0.3, -0.25) is 4.79 Å². The molecule has 136 valence electrons. The number of carbonyl (C=O) groups is 1. The van der Waals surface area contributed by atoms with Crippen LogP contribution in [0.15, 0.2) is 42.6 Å². The Morgan fingerprint density at radius 3 is 2.62 bits per heavy atom. The van der Waals surface area contributed by atoms with Gasteiger partial charge in [-0.25, -0.2) is 4.98 Å². The van der Waals surface area contributed by atoms with Gasteiger partial charge in [0.05, 0.1) is 12.7 Å². The number of ketones is 1. The predicted octanol–water partition coefficient (Wildman–Crippen LogP) is 2.77. The van der Waals surface area contributed by atoms with Gasteiger partial charge in [-0.05, 0) is 36.1 Å². The van der Waals surface area contributed by atoms with E-state index < -0.39 is 0 Å². The van der Waals surface area contributed by atoms with Gasteiger partial charge in [0.15, 0.2) is 5.78 Å². The van der Waals surface area contributed by atoms with Gasteiger partial charge in [0.1, 0.15) is 5.82 Å². The van der Waals surface area contributed by atoms with Crippen molar-refractivity contribution in [3.63, 3.8) is 0 Å². The van der Waals surface area contributed by atoms with E-state index in [2.05, 4.69) is 27.3 Å². The van der Waals surface area contributed by atoms with Crippen LogP contribution in [0.1, 0.15) is 40.4 Å². The molecule has 1 aromatic carbocycles. The number of benzene rings is 1. The first-order valence-corrected chi connectivity index (χ1v) is 9.45. The highest BCUT2D eigenvalue weighted by atomic mass is 16.5. The van der Waals surface area contributed by atoms with E-state index in [0.29, 0.717) is 12.0 Å². The smallest absolute Gasteiger partial charge is 0.168 e. The normalized spacial score (nSPS) is 20.3. The summed E-state index contributed by atoms with van der Waals surface area (Å²) in [6.07, 6.45) is 4.66. The molecule has 2 saturated heterocycles. The number of hydrogen-bond acceptors (Lipinski definition) is 5. The fraction of sp³-hybridized carbons (Fsp3) is 0.429. The molecule has 5 nitrogen and oxygen atoms in total. The maximum absolute atomic E-state index is 12.5. The lowest BCUT2D eigenvalue weighted by atomic mass is 10.0. The SMILES string of the molecule is O=C(Cc1ccc(C2CNCCO2)cc1)c1ccc(N2CCCC2)nc1. The molecule has 2 aliphatic rings.